The molecule has 5 aromatic rings. The minimum absolute atomic E-state index is 0.0860. The van der Waals surface area contributed by atoms with Gasteiger partial charge in [-0.25, -0.2) is 13.2 Å². The standard InChI is InChI=1S/C40H39NO6S/c1-29-18-24-36(25-19-29)48(44,45)41-26-32(38(37(42)27-41)30-20-22-31(23-21-30)39(43)46-2)28-47-40(33-12-6-3-7-13-33,34-14-8-4-9-15-34)35-16-10-5-11-17-35/h3-25,32,37-38,42H,26-28H2,1-2H3/t32-,37-,38-/m1/s1. The van der Waals surface area contributed by atoms with Crippen molar-refractivity contribution in [1.29, 1.82) is 0 Å². The van der Waals surface area contributed by atoms with Gasteiger partial charge in [0.05, 0.1) is 30.3 Å². The largest absolute Gasteiger partial charge is 0.465 e. The fourth-order valence-corrected chi connectivity index (χ4v) is 8.27. The Hall–Kier alpha value is -4.60. The molecule has 7 nitrogen and oxygen atoms in total. The van der Waals surface area contributed by atoms with Crippen molar-refractivity contribution in [3.63, 3.8) is 0 Å². The minimum atomic E-state index is -3.93. The molecule has 0 aromatic heterocycles. The van der Waals surface area contributed by atoms with Gasteiger partial charge in [-0.15, -0.1) is 0 Å². The lowest BCUT2D eigenvalue weighted by Crippen LogP contribution is -2.52. The van der Waals surface area contributed by atoms with E-state index in [0.717, 1.165) is 27.8 Å². The monoisotopic (exact) mass is 661 g/mol. The van der Waals surface area contributed by atoms with E-state index in [0.29, 0.717) is 5.56 Å². The van der Waals surface area contributed by atoms with E-state index in [2.05, 4.69) is 0 Å². The molecule has 0 radical (unpaired) electrons. The van der Waals surface area contributed by atoms with E-state index in [1.165, 1.54) is 11.4 Å². The fraction of sp³-hybridized carbons (Fsp3) is 0.225. The Morgan fingerprint density at radius 2 is 1.25 bits per heavy atom. The zero-order chi connectivity index (χ0) is 33.7. The molecule has 5 aromatic carbocycles. The van der Waals surface area contributed by atoms with Gasteiger partial charge in [0.1, 0.15) is 5.60 Å². The van der Waals surface area contributed by atoms with E-state index in [1.807, 2.05) is 97.9 Å². The SMILES string of the molecule is COC(=O)c1ccc([C@@H]2[C@@H](COC(c3ccccc3)(c3ccccc3)c3ccccc3)CN(S(=O)(=O)c3ccc(C)cc3)C[C@H]2O)cc1. The van der Waals surface area contributed by atoms with Gasteiger partial charge in [-0.2, -0.15) is 4.31 Å². The number of hydrogen-bond donors (Lipinski definition) is 1. The number of piperidine rings is 1. The molecule has 1 heterocycles. The zero-order valence-electron chi connectivity index (χ0n) is 27.0. The van der Waals surface area contributed by atoms with Crippen molar-refractivity contribution < 1.29 is 27.8 Å². The quantitative estimate of drug-likeness (QED) is 0.135. The lowest BCUT2D eigenvalue weighted by atomic mass is 9.78. The summed E-state index contributed by atoms with van der Waals surface area (Å²) in [6.07, 6.45) is -1.05. The third-order valence-corrected chi connectivity index (χ3v) is 11.0. The molecular formula is C40H39NO6S. The van der Waals surface area contributed by atoms with Crippen LogP contribution in [0.15, 0.2) is 144 Å². The predicted octanol–water partition coefficient (Wildman–Crippen LogP) is 6.56. The number of esters is 1. The van der Waals surface area contributed by atoms with Crippen LogP contribution in [-0.2, 0) is 25.1 Å². The number of aliphatic hydroxyl groups excluding tert-OH is 1. The van der Waals surface area contributed by atoms with Gasteiger partial charge in [0.25, 0.3) is 0 Å². The molecular weight excluding hydrogens is 623 g/mol. The van der Waals surface area contributed by atoms with Gasteiger partial charge in [-0.05, 0) is 53.4 Å². The summed E-state index contributed by atoms with van der Waals surface area (Å²) < 4.78 is 41.4. The van der Waals surface area contributed by atoms with Crippen LogP contribution in [0.3, 0.4) is 0 Å². The third-order valence-electron chi connectivity index (χ3n) is 9.18. The summed E-state index contributed by atoms with van der Waals surface area (Å²) >= 11 is 0. The maximum atomic E-state index is 14.0. The summed E-state index contributed by atoms with van der Waals surface area (Å²) in [6, 6.07) is 43.6. The van der Waals surface area contributed by atoms with Gasteiger partial charge < -0.3 is 14.6 Å². The van der Waals surface area contributed by atoms with Crippen LogP contribution in [0.5, 0.6) is 0 Å². The van der Waals surface area contributed by atoms with Crippen LogP contribution in [-0.4, -0.2) is 56.7 Å². The summed E-state index contributed by atoms with van der Waals surface area (Å²) in [7, 11) is -2.60. The van der Waals surface area contributed by atoms with Crippen LogP contribution < -0.4 is 0 Å². The number of hydrogen-bond acceptors (Lipinski definition) is 6. The molecule has 8 heteroatoms. The third kappa shape index (κ3) is 6.57. The molecule has 3 atom stereocenters. The second kappa shape index (κ2) is 14.3. The molecule has 48 heavy (non-hydrogen) atoms. The lowest BCUT2D eigenvalue weighted by molar-refractivity contribution is -0.0431. The molecule has 1 saturated heterocycles. The highest BCUT2D eigenvalue weighted by molar-refractivity contribution is 7.89. The fourth-order valence-electron chi connectivity index (χ4n) is 6.75. The van der Waals surface area contributed by atoms with Gasteiger partial charge in [-0.1, -0.05) is 121 Å². The number of aliphatic hydroxyl groups is 1. The zero-order valence-corrected chi connectivity index (χ0v) is 27.8. The second-order valence-corrected chi connectivity index (χ2v) is 14.1. The predicted molar refractivity (Wildman–Crippen MR) is 185 cm³/mol. The Kier molecular flexibility index (Phi) is 9.89. The van der Waals surface area contributed by atoms with E-state index in [1.54, 1.807) is 48.5 Å². The number of methoxy groups -OCH3 is 1. The van der Waals surface area contributed by atoms with Crippen LogP contribution in [0, 0.1) is 12.8 Å². The Morgan fingerprint density at radius 1 is 0.750 bits per heavy atom. The second-order valence-electron chi connectivity index (χ2n) is 12.2. The first-order chi connectivity index (χ1) is 23.2. The van der Waals surface area contributed by atoms with E-state index < -0.39 is 39.5 Å². The average Bonchev–Trinajstić information content (AvgIpc) is 3.13. The molecule has 0 bridgehead atoms. The van der Waals surface area contributed by atoms with Crippen LogP contribution in [0.2, 0.25) is 0 Å². The van der Waals surface area contributed by atoms with E-state index in [4.69, 9.17) is 9.47 Å². The molecule has 0 spiro atoms. The van der Waals surface area contributed by atoms with E-state index in [-0.39, 0.29) is 24.6 Å². The summed E-state index contributed by atoms with van der Waals surface area (Å²) in [6.45, 7) is 2.05. The number of carbonyl (C=O) groups is 1. The maximum absolute atomic E-state index is 14.0. The number of β-amino-alcohol motifs (C(OH)–C–C–N with tert-alkyl or cyclic N) is 1. The Bertz CT molecular complexity index is 1820. The van der Waals surface area contributed by atoms with Crippen molar-refractivity contribution in [2.45, 2.75) is 29.4 Å². The molecule has 0 saturated carbocycles. The van der Waals surface area contributed by atoms with Crippen molar-refractivity contribution in [2.75, 3.05) is 26.8 Å². The molecule has 1 fully saturated rings. The average molecular weight is 662 g/mol. The number of rotatable bonds is 10. The van der Waals surface area contributed by atoms with Crippen LogP contribution >= 0.6 is 0 Å². The minimum Gasteiger partial charge on any atom is -0.465 e. The van der Waals surface area contributed by atoms with Crippen LogP contribution in [0.1, 0.15) is 44.1 Å². The number of sulfonamides is 1. The molecule has 0 amide bonds. The molecule has 0 unspecified atom stereocenters. The van der Waals surface area contributed by atoms with Crippen molar-refractivity contribution in [1.82, 2.24) is 4.31 Å². The van der Waals surface area contributed by atoms with Crippen molar-refractivity contribution in [3.8, 4) is 0 Å². The molecule has 246 valence electrons. The first-order valence-corrected chi connectivity index (χ1v) is 17.4. The van der Waals surface area contributed by atoms with Gasteiger partial charge in [0, 0.05) is 24.9 Å². The van der Waals surface area contributed by atoms with Gasteiger partial charge >= 0.3 is 5.97 Å². The highest BCUT2D eigenvalue weighted by atomic mass is 32.2. The number of nitrogens with zero attached hydrogens (tertiary/aromatic N) is 1. The summed E-state index contributed by atoms with van der Waals surface area (Å²) in [5, 5.41) is 11.8. The first-order valence-electron chi connectivity index (χ1n) is 16.0. The van der Waals surface area contributed by atoms with E-state index in [9.17, 15) is 18.3 Å². The van der Waals surface area contributed by atoms with E-state index >= 15 is 0 Å². The van der Waals surface area contributed by atoms with Gasteiger partial charge in [0.2, 0.25) is 10.0 Å². The van der Waals surface area contributed by atoms with Crippen molar-refractivity contribution in [2.24, 2.45) is 5.92 Å². The molecule has 0 aliphatic carbocycles. The highest BCUT2D eigenvalue weighted by Gasteiger charge is 2.44. The summed E-state index contributed by atoms with van der Waals surface area (Å²) in [4.78, 5) is 12.4. The maximum Gasteiger partial charge on any atom is 0.337 e. The normalized spacial score (nSPS) is 18.7. The molecule has 1 N–H and O–H groups in total. The van der Waals surface area contributed by atoms with Crippen LogP contribution in [0.25, 0.3) is 0 Å². The molecule has 6 rings (SSSR count). The summed E-state index contributed by atoms with van der Waals surface area (Å²) in [5.74, 6) is -1.41. The lowest BCUT2D eigenvalue weighted by Gasteiger charge is -2.43. The van der Waals surface area contributed by atoms with Crippen molar-refractivity contribution >= 4 is 16.0 Å². The number of ether oxygens (including phenoxy) is 2. The Balaban J connectivity index is 1.44. The van der Waals surface area contributed by atoms with Crippen LogP contribution in [0.4, 0.5) is 0 Å². The smallest absolute Gasteiger partial charge is 0.337 e. The van der Waals surface area contributed by atoms with Gasteiger partial charge in [-0.3, -0.25) is 0 Å². The summed E-state index contributed by atoms with van der Waals surface area (Å²) in [5.41, 5.74) is 3.84. The highest BCUT2D eigenvalue weighted by Crippen LogP contribution is 2.43. The molecule has 1 aliphatic rings. The number of benzene rings is 5. The first kappa shape index (κ1) is 33.3. The Morgan fingerprint density at radius 3 is 1.73 bits per heavy atom. The Labute approximate surface area is 282 Å². The van der Waals surface area contributed by atoms with Gasteiger partial charge in [0.15, 0.2) is 0 Å². The number of aryl methyl sites for hydroxylation is 1. The van der Waals surface area contributed by atoms with Crippen molar-refractivity contribution in [3.05, 3.63) is 173 Å². The topological polar surface area (TPSA) is 93.1 Å². The number of carbonyl (C=O) groups excluding carboxylic acids is 1. The molecule has 1 aliphatic heterocycles.